The van der Waals surface area contributed by atoms with Gasteiger partial charge in [0.05, 0.1) is 12.1 Å². The number of carboxylic acids is 2. The van der Waals surface area contributed by atoms with Crippen molar-refractivity contribution in [1.82, 2.24) is 15.5 Å². The van der Waals surface area contributed by atoms with Gasteiger partial charge in [-0.15, -0.1) is 0 Å². The van der Waals surface area contributed by atoms with E-state index in [4.69, 9.17) is 9.90 Å². The van der Waals surface area contributed by atoms with E-state index in [-0.39, 0.29) is 23.3 Å². The SMILES string of the molecule is CC/C(=C\[C@H](C(C)C)N(C)C(=O)[C@@H](NC(=O)[C@@H](NC)C(C)(C)c1ccccc1)C(C)(C)C)C(=O)O.O=C(O)C(F)(F)F. The summed E-state index contributed by atoms with van der Waals surface area (Å²) < 4.78 is 31.7. The first-order chi connectivity index (χ1) is 19.0. The standard InChI is InChI=1S/C28H45N3O4.C2HF3O2/c1-11-19(26(34)35)17-21(18(2)3)31(10)25(33)23(27(4,5)6)30-24(32)22(29-9)28(7,8)20-15-13-12-14-16-20;3-2(4,5)1(6)7/h12-18,21-23,29H,11H2,1-10H3,(H,30,32)(H,34,35);(H,6,7)/b19-17+;/t21-,22-,23-;/m1./s1. The van der Waals surface area contributed by atoms with Gasteiger partial charge in [0.1, 0.15) is 6.04 Å². The normalized spacial score (nSPS) is 14.7. The van der Waals surface area contributed by atoms with Crippen LogP contribution in [0.5, 0.6) is 0 Å². The van der Waals surface area contributed by atoms with Gasteiger partial charge in [0.15, 0.2) is 0 Å². The van der Waals surface area contributed by atoms with Crippen LogP contribution in [0.2, 0.25) is 0 Å². The number of hydrogen-bond acceptors (Lipinski definition) is 5. The molecule has 2 amide bonds. The second-order valence-electron chi connectivity index (χ2n) is 12.0. The van der Waals surface area contributed by atoms with Crippen molar-refractivity contribution >= 4 is 23.8 Å². The van der Waals surface area contributed by atoms with Gasteiger partial charge in [-0.2, -0.15) is 13.2 Å². The number of hydrogen-bond donors (Lipinski definition) is 4. The quantitative estimate of drug-likeness (QED) is 0.272. The number of carbonyl (C=O) groups is 4. The number of carbonyl (C=O) groups excluding carboxylic acids is 2. The number of rotatable bonds is 11. The first kappa shape index (κ1) is 38.6. The van der Waals surface area contributed by atoms with Crippen LogP contribution in [-0.2, 0) is 24.6 Å². The fraction of sp³-hybridized carbons (Fsp3) is 0.600. The molecule has 0 fully saturated rings. The molecule has 1 aromatic rings. The van der Waals surface area contributed by atoms with Crippen LogP contribution in [0.1, 0.15) is 67.4 Å². The maximum Gasteiger partial charge on any atom is 0.490 e. The van der Waals surface area contributed by atoms with Crippen LogP contribution < -0.4 is 10.6 Å². The number of aliphatic carboxylic acids is 2. The average molecular weight is 602 g/mol. The van der Waals surface area contributed by atoms with Gasteiger partial charge in [-0.05, 0) is 30.4 Å². The molecule has 3 atom stereocenters. The van der Waals surface area contributed by atoms with Crippen molar-refractivity contribution in [2.75, 3.05) is 14.1 Å². The van der Waals surface area contributed by atoms with Gasteiger partial charge in [0.25, 0.3) is 0 Å². The lowest BCUT2D eigenvalue weighted by Crippen LogP contribution is -2.61. The highest BCUT2D eigenvalue weighted by atomic mass is 19.4. The Morgan fingerprint density at radius 1 is 0.952 bits per heavy atom. The minimum absolute atomic E-state index is 0.0109. The number of nitrogens with one attached hydrogen (secondary N) is 2. The lowest BCUT2D eigenvalue weighted by Gasteiger charge is -2.40. The number of benzene rings is 1. The van der Waals surface area contributed by atoms with Gasteiger partial charge < -0.3 is 25.7 Å². The molecular weight excluding hydrogens is 555 g/mol. The minimum Gasteiger partial charge on any atom is -0.478 e. The zero-order valence-electron chi connectivity index (χ0n) is 26.1. The number of amides is 2. The van der Waals surface area contributed by atoms with E-state index in [0.717, 1.165) is 5.56 Å². The van der Waals surface area contributed by atoms with Crippen LogP contribution >= 0.6 is 0 Å². The Kier molecular flexibility index (Phi) is 14.4. The van der Waals surface area contributed by atoms with E-state index in [2.05, 4.69) is 10.6 Å². The third-order valence-electron chi connectivity index (χ3n) is 6.94. The van der Waals surface area contributed by atoms with Crippen LogP contribution in [0.15, 0.2) is 42.0 Å². The molecular formula is C30H46F3N3O6. The summed E-state index contributed by atoms with van der Waals surface area (Å²) in [7, 11) is 3.42. The molecule has 0 aliphatic rings. The Morgan fingerprint density at radius 2 is 1.43 bits per heavy atom. The van der Waals surface area contributed by atoms with Crippen molar-refractivity contribution in [2.24, 2.45) is 11.3 Å². The van der Waals surface area contributed by atoms with Crippen LogP contribution in [-0.4, -0.2) is 77.3 Å². The zero-order valence-corrected chi connectivity index (χ0v) is 26.1. The molecule has 0 radical (unpaired) electrons. The summed E-state index contributed by atoms with van der Waals surface area (Å²) in [5.41, 5.74) is 0.176. The van der Waals surface area contributed by atoms with Crippen molar-refractivity contribution < 1.29 is 42.6 Å². The third kappa shape index (κ3) is 11.1. The zero-order chi connectivity index (χ0) is 33.2. The Labute approximate surface area is 246 Å². The van der Waals surface area contributed by atoms with Gasteiger partial charge in [0, 0.05) is 18.0 Å². The van der Waals surface area contributed by atoms with E-state index >= 15 is 0 Å². The summed E-state index contributed by atoms with van der Waals surface area (Å²) in [6.45, 7) is 15.4. The van der Waals surface area contributed by atoms with E-state index < -0.39 is 47.1 Å². The maximum absolute atomic E-state index is 13.8. The van der Waals surface area contributed by atoms with Crippen molar-refractivity contribution in [2.45, 2.75) is 91.5 Å². The lowest BCUT2D eigenvalue weighted by molar-refractivity contribution is -0.192. The molecule has 0 bridgehead atoms. The van der Waals surface area contributed by atoms with E-state index in [9.17, 15) is 32.7 Å². The minimum atomic E-state index is -5.08. The molecule has 0 unspecified atom stereocenters. The molecule has 1 aromatic carbocycles. The second kappa shape index (κ2) is 15.7. The molecule has 238 valence electrons. The topological polar surface area (TPSA) is 136 Å². The molecule has 42 heavy (non-hydrogen) atoms. The van der Waals surface area contributed by atoms with Crippen LogP contribution in [0.3, 0.4) is 0 Å². The largest absolute Gasteiger partial charge is 0.490 e. The molecule has 0 saturated carbocycles. The summed E-state index contributed by atoms with van der Waals surface area (Å²) in [4.78, 5) is 49.4. The van der Waals surface area contributed by atoms with Gasteiger partial charge in [-0.3, -0.25) is 9.59 Å². The molecule has 0 aromatic heterocycles. The van der Waals surface area contributed by atoms with E-state index in [0.29, 0.717) is 6.42 Å². The van der Waals surface area contributed by atoms with Crippen LogP contribution in [0.25, 0.3) is 0 Å². The summed E-state index contributed by atoms with van der Waals surface area (Å²) in [5, 5.41) is 22.8. The lowest BCUT2D eigenvalue weighted by atomic mass is 9.76. The predicted molar refractivity (Wildman–Crippen MR) is 155 cm³/mol. The maximum atomic E-state index is 13.8. The number of nitrogens with zero attached hydrogens (tertiary/aromatic N) is 1. The van der Waals surface area contributed by atoms with Crippen LogP contribution in [0, 0.1) is 11.3 Å². The average Bonchev–Trinajstić information content (AvgIpc) is 2.86. The fourth-order valence-corrected chi connectivity index (χ4v) is 4.38. The molecule has 0 aliphatic carbocycles. The van der Waals surface area contributed by atoms with E-state index in [1.54, 1.807) is 32.0 Å². The number of halogens is 3. The fourth-order valence-electron chi connectivity index (χ4n) is 4.38. The van der Waals surface area contributed by atoms with Crippen molar-refractivity contribution in [3.8, 4) is 0 Å². The molecule has 0 aliphatic heterocycles. The summed E-state index contributed by atoms with van der Waals surface area (Å²) >= 11 is 0. The van der Waals surface area contributed by atoms with Crippen molar-refractivity contribution in [3.05, 3.63) is 47.5 Å². The van der Waals surface area contributed by atoms with E-state index in [1.165, 1.54) is 0 Å². The van der Waals surface area contributed by atoms with Gasteiger partial charge in [-0.25, -0.2) is 9.59 Å². The Hall–Kier alpha value is -3.41. The van der Waals surface area contributed by atoms with E-state index in [1.807, 2.05) is 78.8 Å². The van der Waals surface area contributed by atoms with Gasteiger partial charge in [-0.1, -0.05) is 91.8 Å². The number of alkyl halides is 3. The highest BCUT2D eigenvalue weighted by Gasteiger charge is 2.41. The molecule has 12 heteroatoms. The number of likely N-dealkylation sites (N-methyl/N-ethyl adjacent to an activating group) is 2. The first-order valence-electron chi connectivity index (χ1n) is 13.6. The van der Waals surface area contributed by atoms with Crippen LogP contribution in [0.4, 0.5) is 13.2 Å². The number of carboxylic acid groups (broad SMARTS) is 2. The van der Waals surface area contributed by atoms with Crippen molar-refractivity contribution in [3.63, 3.8) is 0 Å². The smallest absolute Gasteiger partial charge is 0.478 e. The molecule has 4 N–H and O–H groups in total. The summed E-state index contributed by atoms with van der Waals surface area (Å²) in [5.74, 6) is -4.27. The predicted octanol–water partition coefficient (Wildman–Crippen LogP) is 4.62. The summed E-state index contributed by atoms with van der Waals surface area (Å²) in [6, 6.07) is 8.01. The highest BCUT2D eigenvalue weighted by molar-refractivity contribution is 5.91. The molecule has 0 heterocycles. The Bertz CT molecular complexity index is 1100. The molecule has 0 spiro atoms. The van der Waals surface area contributed by atoms with Crippen molar-refractivity contribution in [1.29, 1.82) is 0 Å². The monoisotopic (exact) mass is 601 g/mol. The Balaban J connectivity index is 0.00000212. The Morgan fingerprint density at radius 3 is 1.76 bits per heavy atom. The summed E-state index contributed by atoms with van der Waals surface area (Å²) in [6.07, 6.45) is -3.07. The molecule has 0 saturated heterocycles. The molecule has 9 nitrogen and oxygen atoms in total. The highest BCUT2D eigenvalue weighted by Crippen LogP contribution is 2.29. The first-order valence-corrected chi connectivity index (χ1v) is 13.6. The van der Waals surface area contributed by atoms with Gasteiger partial charge >= 0.3 is 18.1 Å². The molecule has 1 rings (SSSR count). The van der Waals surface area contributed by atoms with Gasteiger partial charge in [0.2, 0.25) is 11.8 Å². The second-order valence-corrected chi connectivity index (χ2v) is 12.0. The third-order valence-corrected chi connectivity index (χ3v) is 6.94.